The molecule has 2 aromatic carbocycles. The van der Waals surface area contributed by atoms with Gasteiger partial charge in [0.15, 0.2) is 5.76 Å². The molecule has 1 aliphatic heterocycles. The number of amides is 2. The van der Waals surface area contributed by atoms with Gasteiger partial charge in [-0.05, 0) is 55.5 Å². The molecule has 1 fully saturated rings. The summed E-state index contributed by atoms with van der Waals surface area (Å²) in [6.45, 7) is 4.85. The Morgan fingerprint density at radius 2 is 1.72 bits per heavy atom. The van der Waals surface area contributed by atoms with Crippen LogP contribution in [-0.2, 0) is 4.79 Å². The number of hydrogen-bond acceptors (Lipinski definition) is 8. The number of rotatable bonds is 7. The molecule has 0 unspecified atom stereocenters. The van der Waals surface area contributed by atoms with Crippen LogP contribution >= 0.6 is 11.8 Å². The van der Waals surface area contributed by atoms with Crippen LogP contribution in [0.5, 0.6) is 0 Å². The summed E-state index contributed by atoms with van der Waals surface area (Å²) in [6.07, 6.45) is 1.53. The summed E-state index contributed by atoms with van der Waals surface area (Å²) in [5.74, 6) is 0.799. The predicted molar refractivity (Wildman–Crippen MR) is 137 cm³/mol. The van der Waals surface area contributed by atoms with E-state index in [1.165, 1.54) is 6.26 Å². The maximum atomic E-state index is 12.7. The highest BCUT2D eigenvalue weighted by molar-refractivity contribution is 7.99. The van der Waals surface area contributed by atoms with Crippen LogP contribution in [0.4, 0.5) is 11.4 Å². The lowest BCUT2D eigenvalue weighted by Gasteiger charge is -2.36. The monoisotopic (exact) mass is 503 g/mol. The van der Waals surface area contributed by atoms with Crippen molar-refractivity contribution in [2.75, 3.05) is 42.1 Å². The highest BCUT2D eigenvalue weighted by Gasteiger charge is 2.22. The van der Waals surface area contributed by atoms with E-state index in [1.807, 2.05) is 60.4 Å². The average molecular weight is 504 g/mol. The van der Waals surface area contributed by atoms with E-state index in [4.69, 9.17) is 8.83 Å². The first-order valence-corrected chi connectivity index (χ1v) is 12.5. The second-order valence-corrected chi connectivity index (χ2v) is 9.31. The molecule has 3 heterocycles. The first kappa shape index (κ1) is 23.7. The maximum Gasteiger partial charge on any atom is 0.284 e. The first-order chi connectivity index (χ1) is 17.5. The van der Waals surface area contributed by atoms with Gasteiger partial charge in [-0.3, -0.25) is 9.59 Å². The minimum Gasteiger partial charge on any atom is -0.459 e. The Labute approximate surface area is 212 Å². The molecule has 2 aromatic heterocycles. The molecule has 4 aromatic rings. The Kier molecular flexibility index (Phi) is 7.03. The quantitative estimate of drug-likeness (QED) is 0.372. The van der Waals surface area contributed by atoms with Gasteiger partial charge in [0, 0.05) is 43.1 Å². The zero-order valence-electron chi connectivity index (χ0n) is 19.7. The number of piperazine rings is 1. The lowest BCUT2D eigenvalue weighted by Crippen LogP contribution is -2.48. The van der Waals surface area contributed by atoms with Gasteiger partial charge in [-0.1, -0.05) is 29.5 Å². The molecular weight excluding hydrogens is 478 g/mol. The van der Waals surface area contributed by atoms with Crippen molar-refractivity contribution in [1.82, 2.24) is 15.1 Å². The number of anilines is 2. The number of nitrogens with one attached hydrogen (secondary N) is 1. The SMILES string of the molecule is Cc1ccc(C(=O)N2CCN(c3ccc(NC(=O)CSc4nnc(-c5ccco5)o4)cc3)CC2)cc1. The number of furan rings is 1. The minimum atomic E-state index is -0.172. The molecule has 2 amide bonds. The standard InChI is InChI=1S/C26H25N5O4S/c1-18-4-6-19(7-5-18)25(33)31-14-12-30(13-15-31)21-10-8-20(9-11-21)27-23(32)17-36-26-29-28-24(35-26)22-3-2-16-34-22/h2-11,16H,12-15,17H2,1H3,(H,27,32). The minimum absolute atomic E-state index is 0.0725. The Hall–Kier alpha value is -4.05. The summed E-state index contributed by atoms with van der Waals surface area (Å²) in [5, 5.41) is 11.0. The van der Waals surface area contributed by atoms with Crippen molar-refractivity contribution in [3.05, 3.63) is 78.1 Å². The fourth-order valence-electron chi connectivity index (χ4n) is 3.89. The van der Waals surface area contributed by atoms with Gasteiger partial charge in [0.25, 0.3) is 17.0 Å². The van der Waals surface area contributed by atoms with E-state index in [0.717, 1.165) is 41.7 Å². The highest BCUT2D eigenvalue weighted by Crippen LogP contribution is 2.24. The molecule has 1 saturated heterocycles. The van der Waals surface area contributed by atoms with Crippen molar-refractivity contribution < 1.29 is 18.4 Å². The number of benzene rings is 2. The largest absolute Gasteiger partial charge is 0.459 e. The molecule has 10 heteroatoms. The summed E-state index contributed by atoms with van der Waals surface area (Å²) in [7, 11) is 0. The van der Waals surface area contributed by atoms with Crippen molar-refractivity contribution in [3.63, 3.8) is 0 Å². The molecule has 0 radical (unpaired) electrons. The molecule has 184 valence electrons. The number of aromatic nitrogens is 2. The molecule has 0 bridgehead atoms. The number of hydrogen-bond donors (Lipinski definition) is 1. The number of carbonyl (C=O) groups is 2. The summed E-state index contributed by atoms with van der Waals surface area (Å²) in [5.41, 5.74) is 3.63. The van der Waals surface area contributed by atoms with E-state index in [-0.39, 0.29) is 23.5 Å². The van der Waals surface area contributed by atoms with Crippen LogP contribution in [0.3, 0.4) is 0 Å². The van der Waals surface area contributed by atoms with E-state index in [2.05, 4.69) is 20.4 Å². The van der Waals surface area contributed by atoms with Gasteiger partial charge < -0.3 is 24.0 Å². The molecule has 0 spiro atoms. The second kappa shape index (κ2) is 10.7. The molecule has 1 N–H and O–H groups in total. The lowest BCUT2D eigenvalue weighted by atomic mass is 10.1. The van der Waals surface area contributed by atoms with E-state index >= 15 is 0 Å². The van der Waals surface area contributed by atoms with Gasteiger partial charge in [-0.15, -0.1) is 10.2 Å². The number of carbonyl (C=O) groups excluding carboxylic acids is 2. The fraction of sp³-hybridized carbons (Fsp3) is 0.231. The van der Waals surface area contributed by atoms with E-state index in [0.29, 0.717) is 29.8 Å². The molecule has 1 aliphatic rings. The van der Waals surface area contributed by atoms with Gasteiger partial charge in [-0.2, -0.15) is 0 Å². The van der Waals surface area contributed by atoms with Crippen LogP contribution in [0.15, 0.2) is 81.0 Å². The van der Waals surface area contributed by atoms with Crippen molar-refractivity contribution in [3.8, 4) is 11.7 Å². The number of thioether (sulfide) groups is 1. The third-order valence-electron chi connectivity index (χ3n) is 5.85. The Bertz CT molecular complexity index is 1310. The van der Waals surface area contributed by atoms with Gasteiger partial charge in [0.05, 0.1) is 12.0 Å². The van der Waals surface area contributed by atoms with Crippen molar-refractivity contribution in [2.24, 2.45) is 0 Å². The second-order valence-electron chi connectivity index (χ2n) is 8.38. The van der Waals surface area contributed by atoms with Gasteiger partial charge in [0.1, 0.15) is 0 Å². The van der Waals surface area contributed by atoms with Gasteiger partial charge in [0.2, 0.25) is 5.91 Å². The average Bonchev–Trinajstić information content (AvgIpc) is 3.61. The Morgan fingerprint density at radius 1 is 0.972 bits per heavy atom. The van der Waals surface area contributed by atoms with Crippen molar-refractivity contribution in [1.29, 1.82) is 0 Å². The molecule has 5 rings (SSSR count). The van der Waals surface area contributed by atoms with Crippen LogP contribution in [-0.4, -0.2) is 58.8 Å². The summed E-state index contributed by atoms with van der Waals surface area (Å²) in [4.78, 5) is 29.2. The summed E-state index contributed by atoms with van der Waals surface area (Å²) >= 11 is 1.16. The van der Waals surface area contributed by atoms with Crippen LogP contribution in [0, 0.1) is 6.92 Å². The van der Waals surface area contributed by atoms with Gasteiger partial charge in [-0.25, -0.2) is 0 Å². The summed E-state index contributed by atoms with van der Waals surface area (Å²) in [6, 6.07) is 18.9. The van der Waals surface area contributed by atoms with E-state index in [1.54, 1.807) is 12.1 Å². The van der Waals surface area contributed by atoms with Crippen LogP contribution < -0.4 is 10.2 Å². The maximum absolute atomic E-state index is 12.7. The highest BCUT2D eigenvalue weighted by atomic mass is 32.2. The Morgan fingerprint density at radius 3 is 2.42 bits per heavy atom. The third kappa shape index (κ3) is 5.60. The topological polar surface area (TPSA) is 105 Å². The van der Waals surface area contributed by atoms with Gasteiger partial charge >= 0.3 is 0 Å². The fourth-order valence-corrected chi connectivity index (χ4v) is 4.46. The molecule has 0 aliphatic carbocycles. The van der Waals surface area contributed by atoms with Crippen LogP contribution in [0.1, 0.15) is 15.9 Å². The summed E-state index contributed by atoms with van der Waals surface area (Å²) < 4.78 is 10.7. The Balaban J connectivity index is 1.08. The van der Waals surface area contributed by atoms with Crippen LogP contribution in [0.2, 0.25) is 0 Å². The van der Waals surface area contributed by atoms with E-state index < -0.39 is 0 Å². The molecule has 36 heavy (non-hydrogen) atoms. The molecular formula is C26H25N5O4S. The zero-order valence-corrected chi connectivity index (χ0v) is 20.5. The third-order valence-corrected chi connectivity index (χ3v) is 6.67. The number of nitrogens with zero attached hydrogens (tertiary/aromatic N) is 4. The first-order valence-electron chi connectivity index (χ1n) is 11.6. The van der Waals surface area contributed by atoms with Crippen LogP contribution in [0.25, 0.3) is 11.7 Å². The molecule has 0 atom stereocenters. The van der Waals surface area contributed by atoms with Crippen molar-refractivity contribution >= 4 is 35.0 Å². The van der Waals surface area contributed by atoms with Crippen molar-refractivity contribution in [2.45, 2.75) is 12.1 Å². The molecule has 9 nitrogen and oxygen atoms in total. The van der Waals surface area contributed by atoms with E-state index in [9.17, 15) is 9.59 Å². The predicted octanol–water partition coefficient (Wildman–Crippen LogP) is 4.33. The number of aryl methyl sites for hydroxylation is 1. The zero-order chi connectivity index (χ0) is 24.9. The smallest absolute Gasteiger partial charge is 0.284 e. The normalized spacial score (nSPS) is 13.6. The lowest BCUT2D eigenvalue weighted by molar-refractivity contribution is -0.113. The molecule has 0 saturated carbocycles.